The molecule has 0 spiro atoms. The van der Waals surface area contributed by atoms with E-state index in [1.54, 1.807) is 0 Å². The standard InChI is InChI=1S/C13H28N2O2S/c1-4-8-14-9-5-10-18(16,17)15-13-7-6-11(2)12(13)3/h11-15H,4-10H2,1-3H3. The minimum Gasteiger partial charge on any atom is -0.317 e. The Bertz CT molecular complexity index is 330. The van der Waals surface area contributed by atoms with E-state index in [2.05, 4.69) is 30.8 Å². The Morgan fingerprint density at radius 2 is 1.89 bits per heavy atom. The Kier molecular flexibility index (Phi) is 6.60. The van der Waals surface area contributed by atoms with Crippen LogP contribution in [0.3, 0.4) is 0 Å². The van der Waals surface area contributed by atoms with Crippen molar-refractivity contribution in [3.05, 3.63) is 0 Å². The van der Waals surface area contributed by atoms with Crippen LogP contribution >= 0.6 is 0 Å². The second-order valence-electron chi connectivity index (χ2n) is 5.56. The lowest BCUT2D eigenvalue weighted by molar-refractivity contribution is 0.402. The molecule has 1 aliphatic carbocycles. The predicted octanol–water partition coefficient (Wildman–Crippen LogP) is 1.73. The predicted molar refractivity (Wildman–Crippen MR) is 76.1 cm³/mol. The van der Waals surface area contributed by atoms with Crippen LogP contribution in [0.1, 0.15) is 46.5 Å². The topological polar surface area (TPSA) is 58.2 Å². The zero-order valence-electron chi connectivity index (χ0n) is 11.9. The van der Waals surface area contributed by atoms with Crippen molar-refractivity contribution in [3.8, 4) is 0 Å². The molecule has 0 heterocycles. The fourth-order valence-corrected chi connectivity index (χ4v) is 3.95. The molecular formula is C13H28N2O2S. The Hall–Kier alpha value is -0.130. The SMILES string of the molecule is CCCNCCCS(=O)(=O)NC1CCC(C)C1C. The van der Waals surface area contributed by atoms with Crippen molar-refractivity contribution in [2.75, 3.05) is 18.8 Å². The van der Waals surface area contributed by atoms with Crippen molar-refractivity contribution in [3.63, 3.8) is 0 Å². The Morgan fingerprint density at radius 3 is 2.44 bits per heavy atom. The molecule has 1 aliphatic rings. The number of rotatable bonds is 8. The third-order valence-corrected chi connectivity index (χ3v) is 5.48. The van der Waals surface area contributed by atoms with Crippen LogP contribution in [0.15, 0.2) is 0 Å². The van der Waals surface area contributed by atoms with E-state index in [0.717, 1.165) is 32.4 Å². The van der Waals surface area contributed by atoms with Gasteiger partial charge >= 0.3 is 0 Å². The highest BCUT2D eigenvalue weighted by molar-refractivity contribution is 7.89. The van der Waals surface area contributed by atoms with Gasteiger partial charge in [-0.05, 0) is 50.6 Å². The molecule has 5 heteroatoms. The average Bonchev–Trinajstić information content (AvgIpc) is 2.60. The zero-order chi connectivity index (χ0) is 13.6. The van der Waals surface area contributed by atoms with Gasteiger partial charge in [-0.2, -0.15) is 0 Å². The molecule has 1 rings (SSSR count). The molecule has 0 aromatic heterocycles. The smallest absolute Gasteiger partial charge is 0.211 e. The molecule has 0 saturated heterocycles. The van der Waals surface area contributed by atoms with E-state index < -0.39 is 10.0 Å². The molecule has 0 bridgehead atoms. The summed E-state index contributed by atoms with van der Waals surface area (Å²) in [5.74, 6) is 1.32. The first-order valence-electron chi connectivity index (χ1n) is 7.17. The van der Waals surface area contributed by atoms with Crippen LogP contribution < -0.4 is 10.0 Å². The summed E-state index contributed by atoms with van der Waals surface area (Å²) in [5, 5.41) is 3.22. The lowest BCUT2D eigenvalue weighted by Crippen LogP contribution is -2.39. The monoisotopic (exact) mass is 276 g/mol. The van der Waals surface area contributed by atoms with Crippen LogP contribution in [-0.4, -0.2) is 33.3 Å². The van der Waals surface area contributed by atoms with Crippen LogP contribution in [0.2, 0.25) is 0 Å². The molecule has 108 valence electrons. The van der Waals surface area contributed by atoms with Gasteiger partial charge in [-0.1, -0.05) is 20.8 Å². The average molecular weight is 276 g/mol. The molecule has 1 fully saturated rings. The molecule has 0 aliphatic heterocycles. The van der Waals surface area contributed by atoms with E-state index in [1.807, 2.05) is 0 Å². The van der Waals surface area contributed by atoms with Gasteiger partial charge < -0.3 is 5.32 Å². The summed E-state index contributed by atoms with van der Waals surface area (Å²) < 4.78 is 26.7. The highest BCUT2D eigenvalue weighted by Gasteiger charge is 2.32. The first-order valence-corrected chi connectivity index (χ1v) is 8.82. The van der Waals surface area contributed by atoms with Crippen molar-refractivity contribution in [2.24, 2.45) is 11.8 Å². The van der Waals surface area contributed by atoms with Crippen molar-refractivity contribution in [2.45, 2.75) is 52.5 Å². The van der Waals surface area contributed by atoms with Crippen molar-refractivity contribution < 1.29 is 8.42 Å². The van der Waals surface area contributed by atoms with Gasteiger partial charge in [0.25, 0.3) is 0 Å². The van der Waals surface area contributed by atoms with Crippen LogP contribution in [0.25, 0.3) is 0 Å². The van der Waals surface area contributed by atoms with Crippen LogP contribution in [0.5, 0.6) is 0 Å². The van der Waals surface area contributed by atoms with Crippen molar-refractivity contribution in [1.82, 2.24) is 10.0 Å². The molecule has 3 unspecified atom stereocenters. The van der Waals surface area contributed by atoms with Crippen LogP contribution in [0, 0.1) is 11.8 Å². The third-order valence-electron chi connectivity index (χ3n) is 3.99. The van der Waals surface area contributed by atoms with E-state index in [-0.39, 0.29) is 11.8 Å². The fourth-order valence-electron chi connectivity index (χ4n) is 2.51. The minimum absolute atomic E-state index is 0.147. The summed E-state index contributed by atoms with van der Waals surface area (Å²) in [6.07, 6.45) is 3.89. The molecular weight excluding hydrogens is 248 g/mol. The summed E-state index contributed by atoms with van der Waals surface area (Å²) in [4.78, 5) is 0. The highest BCUT2D eigenvalue weighted by Crippen LogP contribution is 2.31. The van der Waals surface area contributed by atoms with Gasteiger partial charge in [-0.25, -0.2) is 13.1 Å². The van der Waals surface area contributed by atoms with E-state index in [9.17, 15) is 8.42 Å². The normalized spacial score (nSPS) is 28.7. The molecule has 18 heavy (non-hydrogen) atoms. The summed E-state index contributed by atoms with van der Waals surface area (Å²) in [7, 11) is -3.10. The maximum absolute atomic E-state index is 11.9. The van der Waals surface area contributed by atoms with Crippen molar-refractivity contribution in [1.29, 1.82) is 0 Å². The van der Waals surface area contributed by atoms with Crippen LogP contribution in [0.4, 0.5) is 0 Å². The fraction of sp³-hybridized carbons (Fsp3) is 1.00. The molecule has 0 radical (unpaired) electrons. The quantitative estimate of drug-likeness (QED) is 0.664. The van der Waals surface area contributed by atoms with E-state index >= 15 is 0 Å². The highest BCUT2D eigenvalue weighted by atomic mass is 32.2. The second kappa shape index (κ2) is 7.46. The summed E-state index contributed by atoms with van der Waals surface area (Å²) in [5.41, 5.74) is 0. The largest absolute Gasteiger partial charge is 0.317 e. The number of hydrogen-bond acceptors (Lipinski definition) is 3. The maximum atomic E-state index is 11.9. The van der Waals surface area contributed by atoms with E-state index in [4.69, 9.17) is 0 Å². The Labute approximate surface area is 112 Å². The molecule has 0 aromatic carbocycles. The van der Waals surface area contributed by atoms with Gasteiger partial charge in [-0.15, -0.1) is 0 Å². The number of sulfonamides is 1. The Morgan fingerprint density at radius 1 is 1.17 bits per heavy atom. The molecule has 2 N–H and O–H groups in total. The third kappa shape index (κ3) is 5.24. The summed E-state index contributed by atoms with van der Waals surface area (Å²) in [6.45, 7) is 8.20. The first kappa shape index (κ1) is 15.9. The van der Waals surface area contributed by atoms with Gasteiger partial charge in [0.1, 0.15) is 0 Å². The molecule has 3 atom stereocenters. The van der Waals surface area contributed by atoms with E-state index in [1.165, 1.54) is 0 Å². The van der Waals surface area contributed by atoms with Gasteiger partial charge in [-0.3, -0.25) is 0 Å². The van der Waals surface area contributed by atoms with Gasteiger partial charge in [0.15, 0.2) is 0 Å². The summed E-state index contributed by atoms with van der Waals surface area (Å²) >= 11 is 0. The van der Waals surface area contributed by atoms with Gasteiger partial charge in [0, 0.05) is 6.04 Å². The zero-order valence-corrected chi connectivity index (χ0v) is 12.7. The number of nitrogens with one attached hydrogen (secondary N) is 2. The molecule has 1 saturated carbocycles. The second-order valence-corrected chi connectivity index (χ2v) is 7.43. The molecule has 0 amide bonds. The van der Waals surface area contributed by atoms with Crippen LogP contribution in [-0.2, 0) is 10.0 Å². The molecule has 0 aromatic rings. The van der Waals surface area contributed by atoms with E-state index in [0.29, 0.717) is 18.3 Å². The van der Waals surface area contributed by atoms with Crippen molar-refractivity contribution >= 4 is 10.0 Å². The number of hydrogen-bond donors (Lipinski definition) is 2. The lowest BCUT2D eigenvalue weighted by Gasteiger charge is -2.19. The Balaban J connectivity index is 2.27. The first-order chi connectivity index (χ1) is 8.46. The van der Waals surface area contributed by atoms with Gasteiger partial charge in [0.05, 0.1) is 5.75 Å². The lowest BCUT2D eigenvalue weighted by atomic mass is 9.98. The van der Waals surface area contributed by atoms with Gasteiger partial charge in [0.2, 0.25) is 10.0 Å². The molecule has 4 nitrogen and oxygen atoms in total. The summed E-state index contributed by atoms with van der Waals surface area (Å²) in [6, 6.07) is 0.147. The maximum Gasteiger partial charge on any atom is 0.211 e. The minimum atomic E-state index is -3.10.